The Morgan fingerprint density at radius 3 is 2.34 bits per heavy atom. The Kier molecular flexibility index (Phi) is 6.26. The molecule has 0 aliphatic heterocycles. The minimum atomic E-state index is -3.87. The first-order valence-electron chi connectivity index (χ1n) is 8.80. The van der Waals surface area contributed by atoms with E-state index in [0.29, 0.717) is 11.3 Å². The van der Waals surface area contributed by atoms with Gasteiger partial charge in [-0.3, -0.25) is 4.72 Å². The molecule has 0 saturated heterocycles. The molecule has 0 radical (unpaired) electrons. The zero-order chi connectivity index (χ0) is 21.0. The van der Waals surface area contributed by atoms with E-state index in [1.165, 1.54) is 30.3 Å². The minimum Gasteiger partial charge on any atom is -0.394 e. The van der Waals surface area contributed by atoms with E-state index in [2.05, 4.69) is 10.0 Å². The van der Waals surface area contributed by atoms with Gasteiger partial charge in [0.1, 0.15) is 11.6 Å². The zero-order valence-electron chi connectivity index (χ0n) is 15.6. The molecule has 3 aromatic rings. The third-order valence-corrected chi connectivity index (χ3v) is 5.88. The molecule has 29 heavy (non-hydrogen) atoms. The first kappa shape index (κ1) is 20.9. The first-order valence-corrected chi connectivity index (χ1v) is 10.3. The molecule has 3 rings (SSSR count). The quantitative estimate of drug-likeness (QED) is 0.547. The van der Waals surface area contributed by atoms with Crippen LogP contribution in [0.15, 0.2) is 71.6 Å². The number of nitrogens with one attached hydrogen (secondary N) is 2. The molecule has 1 atom stereocenters. The fourth-order valence-corrected chi connectivity index (χ4v) is 3.98. The van der Waals surface area contributed by atoms with Crippen LogP contribution in [0.4, 0.5) is 14.5 Å². The number of benzene rings is 3. The van der Waals surface area contributed by atoms with E-state index in [1.54, 1.807) is 31.3 Å². The van der Waals surface area contributed by atoms with Gasteiger partial charge in [0.05, 0.1) is 17.5 Å². The van der Waals surface area contributed by atoms with Crippen molar-refractivity contribution >= 4 is 15.7 Å². The Hall–Kier alpha value is -2.81. The molecule has 0 aromatic heterocycles. The highest BCUT2D eigenvalue weighted by molar-refractivity contribution is 7.92. The van der Waals surface area contributed by atoms with E-state index in [-0.39, 0.29) is 23.1 Å². The van der Waals surface area contributed by atoms with Crippen molar-refractivity contribution in [1.82, 2.24) is 5.32 Å². The summed E-state index contributed by atoms with van der Waals surface area (Å²) in [6.07, 6.45) is 0. The summed E-state index contributed by atoms with van der Waals surface area (Å²) in [7, 11) is -2.17. The van der Waals surface area contributed by atoms with Gasteiger partial charge in [-0.1, -0.05) is 24.3 Å². The van der Waals surface area contributed by atoms with Crippen molar-refractivity contribution in [3.05, 3.63) is 83.9 Å². The average Bonchev–Trinajstić information content (AvgIpc) is 2.69. The van der Waals surface area contributed by atoms with Crippen LogP contribution in [0.3, 0.4) is 0 Å². The predicted molar refractivity (Wildman–Crippen MR) is 108 cm³/mol. The summed E-state index contributed by atoms with van der Waals surface area (Å²) < 4.78 is 54.9. The van der Waals surface area contributed by atoms with Gasteiger partial charge in [-0.15, -0.1) is 0 Å². The number of rotatable bonds is 7. The van der Waals surface area contributed by atoms with Crippen molar-refractivity contribution in [2.75, 3.05) is 18.4 Å². The average molecular weight is 418 g/mol. The molecule has 3 aromatic carbocycles. The van der Waals surface area contributed by atoms with Gasteiger partial charge < -0.3 is 10.4 Å². The van der Waals surface area contributed by atoms with Crippen molar-refractivity contribution in [2.24, 2.45) is 0 Å². The summed E-state index contributed by atoms with van der Waals surface area (Å²) in [5.74, 6) is -1.41. The van der Waals surface area contributed by atoms with Crippen molar-refractivity contribution < 1.29 is 22.3 Å². The molecule has 0 bridgehead atoms. The summed E-state index contributed by atoms with van der Waals surface area (Å²) in [6, 6.07) is 15.2. The van der Waals surface area contributed by atoms with Crippen LogP contribution in [-0.4, -0.2) is 27.2 Å². The van der Waals surface area contributed by atoms with Crippen LogP contribution in [0.25, 0.3) is 11.1 Å². The van der Waals surface area contributed by atoms with Crippen LogP contribution >= 0.6 is 0 Å². The van der Waals surface area contributed by atoms with Crippen molar-refractivity contribution in [3.8, 4) is 11.1 Å². The van der Waals surface area contributed by atoms with E-state index in [1.807, 2.05) is 0 Å². The molecule has 0 aliphatic carbocycles. The van der Waals surface area contributed by atoms with Crippen LogP contribution in [0, 0.1) is 11.6 Å². The lowest BCUT2D eigenvalue weighted by Gasteiger charge is -2.15. The van der Waals surface area contributed by atoms with Crippen molar-refractivity contribution in [3.63, 3.8) is 0 Å². The number of hydrogen-bond acceptors (Lipinski definition) is 4. The van der Waals surface area contributed by atoms with Gasteiger partial charge in [0.2, 0.25) is 0 Å². The van der Waals surface area contributed by atoms with E-state index < -0.39 is 21.7 Å². The molecule has 3 N–H and O–H groups in total. The Morgan fingerprint density at radius 2 is 1.72 bits per heavy atom. The molecule has 0 spiro atoms. The molecule has 0 saturated carbocycles. The van der Waals surface area contributed by atoms with Crippen LogP contribution < -0.4 is 10.0 Å². The van der Waals surface area contributed by atoms with Crippen LogP contribution in [-0.2, 0) is 10.0 Å². The molecule has 5 nitrogen and oxygen atoms in total. The zero-order valence-corrected chi connectivity index (χ0v) is 16.4. The second kappa shape index (κ2) is 8.69. The summed E-state index contributed by atoms with van der Waals surface area (Å²) in [6.45, 7) is -0.131. The summed E-state index contributed by atoms with van der Waals surface area (Å²) in [5, 5.41) is 12.3. The highest BCUT2D eigenvalue weighted by atomic mass is 32.2. The Morgan fingerprint density at radius 1 is 1.00 bits per heavy atom. The number of hydrogen-bond donors (Lipinski definition) is 3. The molecule has 8 heteroatoms. The molecule has 0 unspecified atom stereocenters. The highest BCUT2D eigenvalue weighted by Gasteiger charge is 2.16. The maximum atomic E-state index is 13.9. The van der Waals surface area contributed by atoms with Crippen molar-refractivity contribution in [1.29, 1.82) is 0 Å². The lowest BCUT2D eigenvalue weighted by atomic mass is 10.1. The normalized spacial score (nSPS) is 12.6. The molecule has 0 fully saturated rings. The minimum absolute atomic E-state index is 0.00139. The summed E-state index contributed by atoms with van der Waals surface area (Å²) in [5.41, 5.74) is 1.70. The molecule has 0 heterocycles. The predicted octanol–water partition coefficient (Wildman–Crippen LogP) is 3.69. The fourth-order valence-electron chi connectivity index (χ4n) is 2.93. The van der Waals surface area contributed by atoms with E-state index >= 15 is 0 Å². The topological polar surface area (TPSA) is 78.4 Å². The molecular weight excluding hydrogens is 398 g/mol. The highest BCUT2D eigenvalue weighted by Crippen LogP contribution is 2.26. The molecule has 0 amide bonds. The lowest BCUT2D eigenvalue weighted by molar-refractivity contribution is 0.251. The molecular formula is C21H20F2N2O3S. The number of aliphatic hydroxyl groups excluding tert-OH is 1. The first-order chi connectivity index (χ1) is 13.8. The summed E-state index contributed by atoms with van der Waals surface area (Å²) in [4.78, 5) is 0.00139. The number of likely N-dealkylation sites (N-methyl/N-ethyl adjacent to an activating group) is 1. The Balaban J connectivity index is 1.84. The SMILES string of the molecule is CN[C@H](CO)c1cccc(NS(=O)(=O)c2ccc(-c3ccc(F)cc3F)cc2)c1. The lowest BCUT2D eigenvalue weighted by Crippen LogP contribution is -2.20. The standard InChI is InChI=1S/C21H20F2N2O3S/c1-24-21(13-26)15-3-2-4-17(11-15)25-29(27,28)18-8-5-14(6-9-18)19-10-7-16(22)12-20(19)23/h2-12,21,24-26H,13H2,1H3/t21-/m1/s1. The van der Waals surface area contributed by atoms with Crippen LogP contribution in [0.1, 0.15) is 11.6 Å². The van der Waals surface area contributed by atoms with Gasteiger partial charge in [-0.2, -0.15) is 0 Å². The third-order valence-electron chi connectivity index (χ3n) is 4.48. The Bertz CT molecular complexity index is 1100. The summed E-state index contributed by atoms with van der Waals surface area (Å²) >= 11 is 0. The smallest absolute Gasteiger partial charge is 0.261 e. The number of halogens is 2. The van der Waals surface area contributed by atoms with Gasteiger partial charge in [-0.05, 0) is 54.6 Å². The largest absolute Gasteiger partial charge is 0.394 e. The second-order valence-corrected chi connectivity index (χ2v) is 8.09. The maximum absolute atomic E-state index is 13.9. The van der Waals surface area contributed by atoms with Crippen LogP contribution in [0.5, 0.6) is 0 Å². The van der Waals surface area contributed by atoms with Gasteiger partial charge in [0.15, 0.2) is 0 Å². The third kappa shape index (κ3) is 4.79. The van der Waals surface area contributed by atoms with E-state index in [4.69, 9.17) is 0 Å². The van der Waals surface area contributed by atoms with Crippen molar-refractivity contribution in [2.45, 2.75) is 10.9 Å². The monoisotopic (exact) mass is 418 g/mol. The number of anilines is 1. The number of aliphatic hydroxyl groups is 1. The van der Waals surface area contributed by atoms with E-state index in [0.717, 1.165) is 17.7 Å². The maximum Gasteiger partial charge on any atom is 0.261 e. The Labute approximate surface area is 168 Å². The molecule has 0 aliphatic rings. The number of sulfonamides is 1. The van der Waals surface area contributed by atoms with Gasteiger partial charge >= 0.3 is 0 Å². The van der Waals surface area contributed by atoms with Crippen LogP contribution in [0.2, 0.25) is 0 Å². The van der Waals surface area contributed by atoms with Gasteiger partial charge in [0, 0.05) is 17.3 Å². The second-order valence-electron chi connectivity index (χ2n) is 6.40. The van der Waals surface area contributed by atoms with E-state index in [9.17, 15) is 22.3 Å². The fraction of sp³-hybridized carbons (Fsp3) is 0.143. The van der Waals surface area contributed by atoms with Gasteiger partial charge in [-0.25, -0.2) is 17.2 Å². The molecule has 152 valence electrons. The van der Waals surface area contributed by atoms with Gasteiger partial charge in [0.25, 0.3) is 10.0 Å².